The minimum absolute atomic E-state index is 0.0745. The Hall–Kier alpha value is -3.34. The molecule has 1 aliphatic rings. The highest BCUT2D eigenvalue weighted by Crippen LogP contribution is 2.34. The van der Waals surface area contributed by atoms with Gasteiger partial charge in [-0.2, -0.15) is 5.10 Å². The summed E-state index contributed by atoms with van der Waals surface area (Å²) in [4.78, 5) is 15.0. The van der Waals surface area contributed by atoms with E-state index in [1.165, 1.54) is 11.1 Å². The van der Waals surface area contributed by atoms with Crippen molar-refractivity contribution in [1.29, 1.82) is 0 Å². The van der Waals surface area contributed by atoms with Gasteiger partial charge in [0, 0.05) is 37.6 Å². The largest absolute Gasteiger partial charge is 0.451 e. The molecule has 0 aliphatic carbocycles. The lowest BCUT2D eigenvalue weighted by Gasteiger charge is -2.34. The first-order valence-corrected chi connectivity index (χ1v) is 9.03. The Morgan fingerprint density at radius 2 is 1.96 bits per heavy atom. The molecule has 1 amide bonds. The smallest absolute Gasteiger partial charge is 0.289 e. The predicted octanol–water partition coefficient (Wildman–Crippen LogP) is 3.95. The number of nitrogens with zero attached hydrogens (tertiary/aromatic N) is 3. The SMILES string of the molecule is Cn1cc(C2CN(C(=O)c3cc4ccccc4o3)Cc3ccccc32)cn1. The van der Waals surface area contributed by atoms with Crippen LogP contribution in [0.25, 0.3) is 11.0 Å². The van der Waals surface area contributed by atoms with Crippen molar-refractivity contribution in [2.24, 2.45) is 7.05 Å². The molecule has 0 spiro atoms. The number of furan rings is 1. The molecule has 0 saturated carbocycles. The standard InChI is InChI=1S/C22H19N3O2/c1-24-12-17(11-23-24)19-14-25(13-16-7-2-4-8-18(16)19)22(26)21-10-15-6-3-5-9-20(15)27-21/h2-12,19H,13-14H2,1H3. The predicted molar refractivity (Wildman–Crippen MR) is 102 cm³/mol. The Labute approximate surface area is 156 Å². The number of hydrogen-bond acceptors (Lipinski definition) is 3. The Morgan fingerprint density at radius 3 is 2.78 bits per heavy atom. The summed E-state index contributed by atoms with van der Waals surface area (Å²) in [5, 5.41) is 5.26. The van der Waals surface area contributed by atoms with Crippen LogP contribution in [0.4, 0.5) is 0 Å². The number of benzene rings is 2. The van der Waals surface area contributed by atoms with Gasteiger partial charge in [-0.05, 0) is 28.8 Å². The number of aryl methyl sites for hydroxylation is 1. The molecule has 0 N–H and O–H groups in total. The maximum Gasteiger partial charge on any atom is 0.289 e. The molecule has 0 saturated heterocycles. The summed E-state index contributed by atoms with van der Waals surface area (Å²) in [5.74, 6) is 0.423. The molecule has 134 valence electrons. The van der Waals surface area contributed by atoms with Crippen LogP contribution in [0, 0.1) is 0 Å². The maximum absolute atomic E-state index is 13.2. The van der Waals surface area contributed by atoms with Crippen LogP contribution >= 0.6 is 0 Å². The Bertz CT molecular complexity index is 1110. The van der Waals surface area contributed by atoms with Gasteiger partial charge >= 0.3 is 0 Å². The molecule has 1 unspecified atom stereocenters. The van der Waals surface area contributed by atoms with E-state index in [0.717, 1.165) is 16.5 Å². The van der Waals surface area contributed by atoms with Crippen LogP contribution in [0.3, 0.4) is 0 Å². The van der Waals surface area contributed by atoms with Crippen LogP contribution in [-0.2, 0) is 13.6 Å². The number of hydrogen-bond donors (Lipinski definition) is 0. The minimum Gasteiger partial charge on any atom is -0.451 e. The van der Waals surface area contributed by atoms with Crippen molar-refractivity contribution < 1.29 is 9.21 Å². The first-order valence-electron chi connectivity index (χ1n) is 9.03. The molecule has 1 aliphatic heterocycles. The van der Waals surface area contributed by atoms with E-state index in [4.69, 9.17) is 4.42 Å². The van der Waals surface area contributed by atoms with E-state index in [1.54, 1.807) is 4.68 Å². The lowest BCUT2D eigenvalue weighted by molar-refractivity contribution is 0.0695. The van der Waals surface area contributed by atoms with Crippen molar-refractivity contribution >= 4 is 16.9 Å². The Kier molecular flexibility index (Phi) is 3.60. The third-order valence-corrected chi connectivity index (χ3v) is 5.25. The van der Waals surface area contributed by atoms with Crippen LogP contribution in [0.5, 0.6) is 0 Å². The van der Waals surface area contributed by atoms with Gasteiger partial charge in [0.1, 0.15) is 5.58 Å². The van der Waals surface area contributed by atoms with Crippen LogP contribution in [0.15, 0.2) is 71.4 Å². The number of carbonyl (C=O) groups excluding carboxylic acids is 1. The highest BCUT2D eigenvalue weighted by atomic mass is 16.3. The van der Waals surface area contributed by atoms with Crippen molar-refractivity contribution in [2.75, 3.05) is 6.54 Å². The lowest BCUT2D eigenvalue weighted by atomic mass is 9.86. The monoisotopic (exact) mass is 357 g/mol. The maximum atomic E-state index is 13.2. The molecule has 3 heterocycles. The number of para-hydroxylation sites is 1. The summed E-state index contributed by atoms with van der Waals surface area (Å²) in [6.07, 6.45) is 3.91. The summed E-state index contributed by atoms with van der Waals surface area (Å²) in [6.45, 7) is 1.20. The summed E-state index contributed by atoms with van der Waals surface area (Å²) in [7, 11) is 1.91. The Morgan fingerprint density at radius 1 is 1.15 bits per heavy atom. The first kappa shape index (κ1) is 15.9. The molecule has 2 aromatic heterocycles. The zero-order chi connectivity index (χ0) is 18.4. The summed E-state index contributed by atoms with van der Waals surface area (Å²) in [6, 6.07) is 17.9. The van der Waals surface area contributed by atoms with E-state index in [0.29, 0.717) is 18.8 Å². The molecular weight excluding hydrogens is 338 g/mol. The van der Waals surface area contributed by atoms with Gasteiger partial charge in [-0.1, -0.05) is 42.5 Å². The van der Waals surface area contributed by atoms with Gasteiger partial charge in [0.2, 0.25) is 0 Å². The zero-order valence-corrected chi connectivity index (χ0v) is 15.0. The van der Waals surface area contributed by atoms with Gasteiger partial charge < -0.3 is 9.32 Å². The molecule has 0 fully saturated rings. The quantitative estimate of drug-likeness (QED) is 0.546. The number of fused-ring (bicyclic) bond motifs is 2. The molecule has 4 aromatic rings. The van der Waals surface area contributed by atoms with Gasteiger partial charge in [0.15, 0.2) is 5.76 Å². The molecule has 0 radical (unpaired) electrons. The van der Waals surface area contributed by atoms with E-state index < -0.39 is 0 Å². The van der Waals surface area contributed by atoms with Crippen molar-refractivity contribution in [2.45, 2.75) is 12.5 Å². The fraction of sp³-hybridized carbons (Fsp3) is 0.182. The number of amides is 1. The molecule has 0 bridgehead atoms. The van der Waals surface area contributed by atoms with E-state index in [2.05, 4.69) is 23.3 Å². The van der Waals surface area contributed by atoms with Gasteiger partial charge in [-0.25, -0.2) is 0 Å². The fourth-order valence-corrected chi connectivity index (χ4v) is 3.91. The van der Waals surface area contributed by atoms with Crippen molar-refractivity contribution in [3.05, 3.63) is 89.4 Å². The third kappa shape index (κ3) is 2.72. The molecular formula is C22H19N3O2. The molecule has 5 rings (SSSR count). The summed E-state index contributed by atoms with van der Waals surface area (Å²) >= 11 is 0. The minimum atomic E-state index is -0.0745. The second-order valence-corrected chi connectivity index (χ2v) is 7.03. The first-order chi connectivity index (χ1) is 13.2. The fourth-order valence-electron chi connectivity index (χ4n) is 3.91. The van der Waals surface area contributed by atoms with Gasteiger partial charge in [0.05, 0.1) is 6.20 Å². The number of aromatic nitrogens is 2. The highest BCUT2D eigenvalue weighted by Gasteiger charge is 2.31. The second-order valence-electron chi connectivity index (χ2n) is 7.03. The van der Waals surface area contributed by atoms with Gasteiger partial charge in [-0.15, -0.1) is 0 Å². The molecule has 1 atom stereocenters. The topological polar surface area (TPSA) is 51.3 Å². The van der Waals surface area contributed by atoms with Crippen LogP contribution in [0.2, 0.25) is 0 Å². The van der Waals surface area contributed by atoms with Gasteiger partial charge in [0.25, 0.3) is 5.91 Å². The highest BCUT2D eigenvalue weighted by molar-refractivity contribution is 5.96. The number of carbonyl (C=O) groups is 1. The van der Waals surface area contributed by atoms with E-state index in [-0.39, 0.29) is 11.8 Å². The van der Waals surface area contributed by atoms with E-state index in [1.807, 2.05) is 60.7 Å². The lowest BCUT2D eigenvalue weighted by Crippen LogP contribution is -2.38. The molecule has 2 aromatic carbocycles. The van der Waals surface area contributed by atoms with Crippen molar-refractivity contribution in [3.63, 3.8) is 0 Å². The molecule has 27 heavy (non-hydrogen) atoms. The number of rotatable bonds is 2. The van der Waals surface area contributed by atoms with E-state index in [9.17, 15) is 4.79 Å². The normalized spacial score (nSPS) is 16.5. The summed E-state index contributed by atoms with van der Waals surface area (Å²) < 4.78 is 7.61. The average molecular weight is 357 g/mol. The third-order valence-electron chi connectivity index (χ3n) is 5.25. The zero-order valence-electron chi connectivity index (χ0n) is 15.0. The van der Waals surface area contributed by atoms with Crippen molar-refractivity contribution in [3.8, 4) is 0 Å². The van der Waals surface area contributed by atoms with Crippen LogP contribution in [-0.4, -0.2) is 27.1 Å². The van der Waals surface area contributed by atoms with Crippen molar-refractivity contribution in [1.82, 2.24) is 14.7 Å². The van der Waals surface area contributed by atoms with E-state index >= 15 is 0 Å². The summed E-state index contributed by atoms with van der Waals surface area (Å²) in [5.41, 5.74) is 4.29. The molecule has 5 nitrogen and oxygen atoms in total. The van der Waals surface area contributed by atoms with Crippen LogP contribution < -0.4 is 0 Å². The van der Waals surface area contributed by atoms with Gasteiger partial charge in [-0.3, -0.25) is 9.48 Å². The Balaban J connectivity index is 1.52. The molecule has 5 heteroatoms. The van der Waals surface area contributed by atoms with Crippen LogP contribution in [0.1, 0.15) is 33.2 Å². The second kappa shape index (κ2) is 6.13. The average Bonchev–Trinajstić information content (AvgIpc) is 3.32.